The summed E-state index contributed by atoms with van der Waals surface area (Å²) in [5, 5.41) is 12.9. The van der Waals surface area contributed by atoms with Gasteiger partial charge in [0.05, 0.1) is 29.2 Å². The third-order valence-electron chi connectivity index (χ3n) is 6.13. The van der Waals surface area contributed by atoms with Gasteiger partial charge in [0.1, 0.15) is 0 Å². The maximum absolute atomic E-state index is 14.9. The van der Waals surface area contributed by atoms with Crippen LogP contribution in [0, 0.1) is 5.82 Å². The van der Waals surface area contributed by atoms with Gasteiger partial charge in [-0.1, -0.05) is 0 Å². The molecule has 0 amide bonds. The molecular formula is C24H21FN8O2. The van der Waals surface area contributed by atoms with Crippen molar-refractivity contribution in [2.45, 2.75) is 25.9 Å². The van der Waals surface area contributed by atoms with Gasteiger partial charge >= 0.3 is 0 Å². The second-order valence-corrected chi connectivity index (χ2v) is 8.63. The van der Waals surface area contributed by atoms with Crippen molar-refractivity contribution in [2.24, 2.45) is 7.05 Å². The fraction of sp³-hybridized carbons (Fsp3) is 0.208. The Morgan fingerprint density at radius 1 is 1.14 bits per heavy atom. The molecule has 1 aliphatic rings. The molecule has 6 rings (SSSR count). The lowest BCUT2D eigenvalue weighted by Gasteiger charge is -2.15. The summed E-state index contributed by atoms with van der Waals surface area (Å²) in [6, 6.07) is 4.42. The highest BCUT2D eigenvalue weighted by atomic mass is 19.1. The first kappa shape index (κ1) is 21.2. The van der Waals surface area contributed by atoms with E-state index in [0.717, 1.165) is 11.1 Å². The molecule has 10 nitrogen and oxygen atoms in total. The van der Waals surface area contributed by atoms with Gasteiger partial charge < -0.3 is 9.40 Å². The van der Waals surface area contributed by atoms with E-state index in [4.69, 9.17) is 4.84 Å². The maximum Gasteiger partial charge on any atom is 0.260 e. The molecule has 1 N–H and O–H groups in total. The number of nitrogens with zero attached hydrogens (tertiary/aromatic N) is 7. The van der Waals surface area contributed by atoms with Crippen molar-refractivity contribution in [3.05, 3.63) is 82.8 Å². The zero-order valence-electron chi connectivity index (χ0n) is 19.2. The van der Waals surface area contributed by atoms with E-state index in [9.17, 15) is 9.18 Å². The maximum atomic E-state index is 14.9. The molecule has 0 saturated heterocycles. The second-order valence-electron chi connectivity index (χ2n) is 8.63. The predicted octanol–water partition coefficient (Wildman–Crippen LogP) is 2.85. The Balaban J connectivity index is 1.46. The Morgan fingerprint density at radius 3 is 2.74 bits per heavy atom. The minimum Gasteiger partial charge on any atom is -0.408 e. The van der Waals surface area contributed by atoms with E-state index < -0.39 is 11.9 Å². The van der Waals surface area contributed by atoms with Gasteiger partial charge in [-0.2, -0.15) is 5.10 Å². The van der Waals surface area contributed by atoms with Gasteiger partial charge in [0.15, 0.2) is 23.0 Å². The van der Waals surface area contributed by atoms with Crippen molar-refractivity contribution in [3.8, 4) is 11.1 Å². The summed E-state index contributed by atoms with van der Waals surface area (Å²) in [4.78, 5) is 23.4. The minimum absolute atomic E-state index is 0.00408. The molecule has 5 aromatic rings. The number of hydroxylamine groups is 1. The van der Waals surface area contributed by atoms with E-state index in [1.54, 1.807) is 44.5 Å². The van der Waals surface area contributed by atoms with Crippen LogP contribution < -0.4 is 11.0 Å². The van der Waals surface area contributed by atoms with Crippen molar-refractivity contribution in [1.29, 1.82) is 0 Å². The van der Waals surface area contributed by atoms with Crippen LogP contribution >= 0.6 is 0 Å². The lowest BCUT2D eigenvalue weighted by atomic mass is 10.1. The summed E-state index contributed by atoms with van der Waals surface area (Å²) < 4.78 is 19.7. The molecule has 2 atom stereocenters. The smallest absolute Gasteiger partial charge is 0.260 e. The fourth-order valence-corrected chi connectivity index (χ4v) is 4.29. The van der Waals surface area contributed by atoms with Gasteiger partial charge in [0.25, 0.3) is 5.56 Å². The molecule has 1 unspecified atom stereocenters. The summed E-state index contributed by atoms with van der Waals surface area (Å²) in [6.45, 7) is 3.75. The molecule has 0 radical (unpaired) electrons. The van der Waals surface area contributed by atoms with Gasteiger partial charge in [-0.15, -0.1) is 15.7 Å². The first-order chi connectivity index (χ1) is 16.9. The van der Waals surface area contributed by atoms with Crippen LogP contribution in [0.4, 0.5) is 4.39 Å². The molecule has 0 spiro atoms. The number of hydrogen-bond donors (Lipinski definition) is 1. The number of nitrogens with one attached hydrogen (secondary N) is 1. The largest absolute Gasteiger partial charge is 0.408 e. The van der Waals surface area contributed by atoms with Gasteiger partial charge in [-0.3, -0.25) is 18.9 Å². The highest BCUT2D eigenvalue weighted by molar-refractivity contribution is 5.82. The SMILES string of the molecule is CC1C=C(c2cc(F)c3nnc([C@@H](C)n4ccc5ncc(-c6cnn(C)c6)cc5c4=O)n3c2)ON1. The lowest BCUT2D eigenvalue weighted by molar-refractivity contribution is 0.167. The molecule has 1 aliphatic heterocycles. The van der Waals surface area contributed by atoms with E-state index in [1.165, 1.54) is 6.07 Å². The number of pyridine rings is 3. The van der Waals surface area contributed by atoms with E-state index in [-0.39, 0.29) is 17.2 Å². The quantitative estimate of drug-likeness (QED) is 0.429. The molecule has 5 aromatic heterocycles. The average Bonchev–Trinajstić information content (AvgIpc) is 3.58. The molecule has 35 heavy (non-hydrogen) atoms. The van der Waals surface area contributed by atoms with Gasteiger partial charge in [0.2, 0.25) is 0 Å². The van der Waals surface area contributed by atoms with Crippen molar-refractivity contribution in [3.63, 3.8) is 0 Å². The minimum atomic E-state index is -0.534. The third kappa shape index (κ3) is 3.48. The monoisotopic (exact) mass is 472 g/mol. The van der Waals surface area contributed by atoms with Crippen LogP contribution in [0.2, 0.25) is 0 Å². The summed E-state index contributed by atoms with van der Waals surface area (Å²) >= 11 is 0. The number of halogens is 1. The second kappa shape index (κ2) is 7.84. The molecule has 0 saturated carbocycles. The standard InChI is InChI=1S/C24H21FN8O2/c1-13-6-21(35-30-13)16-8-19(25)23-29-28-22(33(23)12-16)14(2)32-5-4-20-18(24(32)34)7-15(9-26-20)17-10-27-31(3)11-17/h4-14,30H,1-3H3/t13?,14-/m1/s1. The lowest BCUT2D eigenvalue weighted by Crippen LogP contribution is -2.25. The Morgan fingerprint density at radius 2 is 2.00 bits per heavy atom. The Kier molecular flexibility index (Phi) is 4.74. The Labute approximate surface area is 198 Å². The highest BCUT2D eigenvalue weighted by Crippen LogP contribution is 2.26. The number of aryl methyl sites for hydroxylation is 1. The number of fused-ring (bicyclic) bond motifs is 2. The zero-order valence-corrected chi connectivity index (χ0v) is 19.2. The molecule has 11 heteroatoms. The predicted molar refractivity (Wildman–Crippen MR) is 127 cm³/mol. The van der Waals surface area contributed by atoms with Crippen molar-refractivity contribution < 1.29 is 9.23 Å². The van der Waals surface area contributed by atoms with Crippen LogP contribution in [0.1, 0.15) is 31.3 Å². The van der Waals surface area contributed by atoms with E-state index >= 15 is 0 Å². The van der Waals surface area contributed by atoms with Crippen LogP contribution in [0.5, 0.6) is 0 Å². The molecule has 176 valence electrons. The summed E-state index contributed by atoms with van der Waals surface area (Å²) in [6.07, 6.45) is 10.5. The van der Waals surface area contributed by atoms with Gasteiger partial charge in [-0.25, -0.2) is 4.39 Å². The fourth-order valence-electron chi connectivity index (χ4n) is 4.29. The number of hydrogen-bond acceptors (Lipinski definition) is 7. The van der Waals surface area contributed by atoms with Crippen LogP contribution in [0.15, 0.2) is 60.1 Å². The first-order valence-corrected chi connectivity index (χ1v) is 11.1. The van der Waals surface area contributed by atoms with Crippen LogP contribution in [0.3, 0.4) is 0 Å². The molecular weight excluding hydrogens is 451 g/mol. The first-order valence-electron chi connectivity index (χ1n) is 11.1. The van der Waals surface area contributed by atoms with Gasteiger partial charge in [0, 0.05) is 48.5 Å². The average molecular weight is 472 g/mol. The van der Waals surface area contributed by atoms with Crippen molar-refractivity contribution in [1.82, 2.24) is 39.4 Å². The molecule has 0 aliphatic carbocycles. The van der Waals surface area contributed by atoms with Crippen LogP contribution in [0.25, 0.3) is 33.4 Å². The molecule has 0 aromatic carbocycles. The third-order valence-corrected chi connectivity index (χ3v) is 6.13. The summed E-state index contributed by atoms with van der Waals surface area (Å²) in [7, 11) is 1.83. The Bertz CT molecular complexity index is 1700. The highest BCUT2D eigenvalue weighted by Gasteiger charge is 2.22. The summed E-state index contributed by atoms with van der Waals surface area (Å²) in [5.41, 5.74) is 5.44. The zero-order chi connectivity index (χ0) is 24.3. The number of aromatic nitrogens is 7. The van der Waals surface area contributed by atoms with E-state index in [1.807, 2.05) is 39.2 Å². The molecule has 0 fully saturated rings. The number of rotatable bonds is 4. The van der Waals surface area contributed by atoms with Crippen LogP contribution in [-0.4, -0.2) is 40.0 Å². The van der Waals surface area contributed by atoms with Crippen LogP contribution in [-0.2, 0) is 11.9 Å². The van der Waals surface area contributed by atoms with E-state index in [2.05, 4.69) is 25.8 Å². The molecule has 6 heterocycles. The van der Waals surface area contributed by atoms with Gasteiger partial charge in [-0.05, 0) is 38.1 Å². The normalized spacial score (nSPS) is 16.6. The Hall–Kier alpha value is -4.38. The molecule has 0 bridgehead atoms. The summed E-state index contributed by atoms with van der Waals surface area (Å²) in [5.74, 6) is 0.398. The van der Waals surface area contributed by atoms with Crippen molar-refractivity contribution >= 4 is 22.3 Å². The van der Waals surface area contributed by atoms with Crippen molar-refractivity contribution in [2.75, 3.05) is 0 Å². The van der Waals surface area contributed by atoms with E-state index in [0.29, 0.717) is 28.0 Å². The topological polar surface area (TPSA) is 104 Å².